The number of sulfonamides is 1. The van der Waals surface area contributed by atoms with Crippen LogP contribution in [0.5, 0.6) is 0 Å². The first-order valence-electron chi connectivity index (χ1n) is 8.96. The lowest BCUT2D eigenvalue weighted by Crippen LogP contribution is -2.44. The first kappa shape index (κ1) is 20.3. The Morgan fingerprint density at radius 3 is 2.68 bits per heavy atom. The van der Waals surface area contributed by atoms with Gasteiger partial charge in [0.1, 0.15) is 5.82 Å². The van der Waals surface area contributed by atoms with Gasteiger partial charge in [-0.3, -0.25) is 4.90 Å². The predicted octanol–water partition coefficient (Wildman–Crippen LogP) is 2.55. The van der Waals surface area contributed by atoms with Crippen molar-refractivity contribution < 1.29 is 17.5 Å². The van der Waals surface area contributed by atoms with Gasteiger partial charge < -0.3 is 4.74 Å². The van der Waals surface area contributed by atoms with Gasteiger partial charge in [0, 0.05) is 25.7 Å². The number of rotatable bonds is 9. The molecule has 2 rings (SSSR count). The molecule has 5 nitrogen and oxygen atoms in total. The lowest BCUT2D eigenvalue weighted by Gasteiger charge is -2.35. The monoisotopic (exact) mass is 372 g/mol. The lowest BCUT2D eigenvalue weighted by molar-refractivity contribution is 0.0171. The number of hydrogen-bond acceptors (Lipinski definition) is 4. The summed E-state index contributed by atoms with van der Waals surface area (Å²) in [5, 5.41) is 0. The Bertz CT molecular complexity index is 633. The summed E-state index contributed by atoms with van der Waals surface area (Å²) in [7, 11) is -3.36. The fourth-order valence-corrected chi connectivity index (χ4v) is 4.72. The van der Waals surface area contributed by atoms with Crippen molar-refractivity contribution in [3.63, 3.8) is 0 Å². The van der Waals surface area contributed by atoms with E-state index in [4.69, 9.17) is 4.74 Å². The Morgan fingerprint density at radius 1 is 1.32 bits per heavy atom. The van der Waals surface area contributed by atoms with Gasteiger partial charge in [-0.1, -0.05) is 32.4 Å². The molecule has 0 radical (unpaired) electrons. The number of nitrogens with one attached hydrogen (secondary N) is 1. The van der Waals surface area contributed by atoms with Crippen molar-refractivity contribution in [3.05, 3.63) is 35.6 Å². The molecule has 1 aromatic carbocycles. The number of benzene rings is 1. The summed E-state index contributed by atoms with van der Waals surface area (Å²) in [6, 6.07) is 6.19. The van der Waals surface area contributed by atoms with E-state index in [0.717, 1.165) is 18.4 Å². The van der Waals surface area contributed by atoms with Crippen molar-refractivity contribution in [3.8, 4) is 0 Å². The second-order valence-electron chi connectivity index (χ2n) is 6.74. The van der Waals surface area contributed by atoms with Crippen LogP contribution < -0.4 is 4.72 Å². The van der Waals surface area contributed by atoms with Crippen LogP contribution in [0.25, 0.3) is 0 Å². The third-order valence-electron chi connectivity index (χ3n) is 4.50. The second-order valence-corrected chi connectivity index (χ2v) is 8.59. The maximum Gasteiger partial charge on any atom is 0.211 e. The van der Waals surface area contributed by atoms with Crippen LogP contribution in [0.1, 0.15) is 38.3 Å². The van der Waals surface area contributed by atoms with E-state index in [1.165, 1.54) is 12.1 Å². The van der Waals surface area contributed by atoms with Crippen LogP contribution in [0.2, 0.25) is 0 Å². The molecule has 142 valence electrons. The minimum Gasteiger partial charge on any atom is -0.379 e. The molecule has 1 aliphatic heterocycles. The van der Waals surface area contributed by atoms with Crippen molar-refractivity contribution in [2.24, 2.45) is 5.92 Å². The van der Waals surface area contributed by atoms with Crippen molar-refractivity contribution >= 4 is 10.0 Å². The van der Waals surface area contributed by atoms with E-state index < -0.39 is 10.0 Å². The van der Waals surface area contributed by atoms with E-state index in [1.807, 2.05) is 13.0 Å². The molecule has 1 saturated heterocycles. The standard InChI is InChI=1S/C18H29FN2O3S/c1-3-5-15(2)14-25(22,23)20-13-18(21-8-10-24-11-9-21)16-6-4-7-17(19)12-16/h4,6-7,12,15,18,20H,3,5,8-11,13-14H2,1-2H3. The number of halogens is 1. The quantitative estimate of drug-likeness (QED) is 0.724. The average molecular weight is 373 g/mol. The molecule has 0 aromatic heterocycles. The first-order valence-corrected chi connectivity index (χ1v) is 10.6. The molecular weight excluding hydrogens is 343 g/mol. The summed E-state index contributed by atoms with van der Waals surface area (Å²) >= 11 is 0. The first-order chi connectivity index (χ1) is 11.9. The number of morpholine rings is 1. The molecule has 1 heterocycles. The maximum absolute atomic E-state index is 13.6. The summed E-state index contributed by atoms with van der Waals surface area (Å²) in [6.07, 6.45) is 1.86. The summed E-state index contributed by atoms with van der Waals surface area (Å²) in [5.74, 6) is -0.0616. The van der Waals surface area contributed by atoms with E-state index >= 15 is 0 Å². The Morgan fingerprint density at radius 2 is 2.04 bits per heavy atom. The van der Waals surface area contributed by atoms with Gasteiger partial charge in [-0.15, -0.1) is 0 Å². The van der Waals surface area contributed by atoms with Gasteiger partial charge in [-0.25, -0.2) is 17.5 Å². The Balaban J connectivity index is 2.08. The zero-order chi connectivity index (χ0) is 18.3. The minimum absolute atomic E-state index is 0.124. The highest BCUT2D eigenvalue weighted by Gasteiger charge is 2.25. The molecule has 0 aliphatic carbocycles. The molecular formula is C18H29FN2O3S. The van der Waals surface area contributed by atoms with Crippen LogP contribution in [0, 0.1) is 11.7 Å². The Hall–Kier alpha value is -1.02. The van der Waals surface area contributed by atoms with E-state index in [9.17, 15) is 12.8 Å². The van der Waals surface area contributed by atoms with Gasteiger partial charge in [-0.2, -0.15) is 0 Å². The molecule has 7 heteroatoms. The van der Waals surface area contributed by atoms with Crippen LogP contribution in [0.4, 0.5) is 4.39 Å². The van der Waals surface area contributed by atoms with E-state index in [-0.39, 0.29) is 30.1 Å². The van der Waals surface area contributed by atoms with Gasteiger partial charge in [0.05, 0.1) is 19.0 Å². The van der Waals surface area contributed by atoms with Crippen molar-refractivity contribution in [2.75, 3.05) is 38.6 Å². The van der Waals surface area contributed by atoms with Crippen LogP contribution in [-0.2, 0) is 14.8 Å². The topological polar surface area (TPSA) is 58.6 Å². The lowest BCUT2D eigenvalue weighted by atomic mass is 10.0. The molecule has 2 atom stereocenters. The van der Waals surface area contributed by atoms with Crippen molar-refractivity contribution in [1.82, 2.24) is 9.62 Å². The molecule has 25 heavy (non-hydrogen) atoms. The van der Waals surface area contributed by atoms with E-state index in [0.29, 0.717) is 26.3 Å². The van der Waals surface area contributed by atoms with Gasteiger partial charge in [-0.05, 0) is 30.0 Å². The molecule has 1 aromatic rings. The summed E-state index contributed by atoms with van der Waals surface area (Å²) < 4.78 is 46.5. The SMILES string of the molecule is CCCC(C)CS(=O)(=O)NCC(c1cccc(F)c1)N1CCOCC1. The molecule has 0 amide bonds. The minimum atomic E-state index is -3.36. The Labute approximate surface area is 150 Å². The fourth-order valence-electron chi connectivity index (χ4n) is 3.28. The highest BCUT2D eigenvalue weighted by molar-refractivity contribution is 7.89. The molecule has 0 bridgehead atoms. The molecule has 2 unspecified atom stereocenters. The molecule has 1 aliphatic rings. The van der Waals surface area contributed by atoms with E-state index in [1.54, 1.807) is 6.07 Å². The largest absolute Gasteiger partial charge is 0.379 e. The normalized spacial score (nSPS) is 18.8. The second kappa shape index (κ2) is 9.62. The van der Waals surface area contributed by atoms with Gasteiger partial charge in [0.15, 0.2) is 0 Å². The number of hydrogen-bond donors (Lipinski definition) is 1. The summed E-state index contributed by atoms with van der Waals surface area (Å²) in [5.41, 5.74) is 0.784. The average Bonchev–Trinajstić information content (AvgIpc) is 2.55. The molecule has 0 saturated carbocycles. The van der Waals surface area contributed by atoms with Crippen molar-refractivity contribution in [1.29, 1.82) is 0 Å². The summed E-state index contributed by atoms with van der Waals surface area (Å²) in [6.45, 7) is 6.86. The van der Waals surface area contributed by atoms with E-state index in [2.05, 4.69) is 16.5 Å². The van der Waals surface area contributed by atoms with Crippen LogP contribution in [0.15, 0.2) is 24.3 Å². The molecule has 1 N–H and O–H groups in total. The number of ether oxygens (including phenoxy) is 1. The molecule has 0 spiro atoms. The van der Waals surface area contributed by atoms with Crippen LogP contribution in [0.3, 0.4) is 0 Å². The maximum atomic E-state index is 13.6. The fraction of sp³-hybridized carbons (Fsp3) is 0.667. The van der Waals surface area contributed by atoms with Gasteiger partial charge >= 0.3 is 0 Å². The smallest absolute Gasteiger partial charge is 0.211 e. The Kier molecular flexibility index (Phi) is 7.81. The highest BCUT2D eigenvalue weighted by atomic mass is 32.2. The third-order valence-corrected chi connectivity index (χ3v) is 6.12. The van der Waals surface area contributed by atoms with Crippen LogP contribution >= 0.6 is 0 Å². The number of nitrogens with zero attached hydrogens (tertiary/aromatic N) is 1. The van der Waals surface area contributed by atoms with Crippen molar-refractivity contribution in [2.45, 2.75) is 32.7 Å². The van der Waals surface area contributed by atoms with Crippen LogP contribution in [-0.4, -0.2) is 51.9 Å². The van der Waals surface area contributed by atoms with Gasteiger partial charge in [0.25, 0.3) is 0 Å². The van der Waals surface area contributed by atoms with Gasteiger partial charge in [0.2, 0.25) is 10.0 Å². The highest BCUT2D eigenvalue weighted by Crippen LogP contribution is 2.22. The third kappa shape index (κ3) is 6.66. The zero-order valence-corrected chi connectivity index (χ0v) is 15.9. The zero-order valence-electron chi connectivity index (χ0n) is 15.1. The summed E-state index contributed by atoms with van der Waals surface area (Å²) in [4.78, 5) is 2.15. The molecule has 1 fully saturated rings. The predicted molar refractivity (Wildman–Crippen MR) is 97.4 cm³/mol.